The lowest BCUT2D eigenvalue weighted by atomic mass is 10.1. The molecule has 4 rings (SSSR count). The SMILES string of the molecule is O=C(Cc1ccc(N2C(=O)c3ccccc3C2=O)cc1)Nc1ccc(F)c(F)c1. The highest BCUT2D eigenvalue weighted by molar-refractivity contribution is 6.34. The van der Waals surface area contributed by atoms with Crippen molar-refractivity contribution in [1.29, 1.82) is 0 Å². The average Bonchev–Trinajstić information content (AvgIpc) is 2.96. The highest BCUT2D eigenvalue weighted by atomic mass is 19.2. The molecule has 29 heavy (non-hydrogen) atoms. The van der Waals surface area contributed by atoms with Gasteiger partial charge in [-0.1, -0.05) is 24.3 Å². The lowest BCUT2D eigenvalue weighted by Gasteiger charge is -2.14. The number of hydrogen-bond donors (Lipinski definition) is 1. The maximum atomic E-state index is 13.2. The van der Waals surface area contributed by atoms with Crippen LogP contribution in [-0.2, 0) is 11.2 Å². The van der Waals surface area contributed by atoms with Crippen molar-refractivity contribution in [3.8, 4) is 0 Å². The first kappa shape index (κ1) is 18.5. The van der Waals surface area contributed by atoms with Crippen LogP contribution >= 0.6 is 0 Å². The van der Waals surface area contributed by atoms with Crippen LogP contribution in [0.1, 0.15) is 26.3 Å². The van der Waals surface area contributed by atoms with Crippen LogP contribution < -0.4 is 10.2 Å². The summed E-state index contributed by atoms with van der Waals surface area (Å²) in [6, 6.07) is 16.1. The van der Waals surface area contributed by atoms with Gasteiger partial charge >= 0.3 is 0 Å². The summed E-state index contributed by atoms with van der Waals surface area (Å²) in [5.41, 5.74) is 1.89. The number of hydrogen-bond acceptors (Lipinski definition) is 3. The average molecular weight is 392 g/mol. The number of nitrogens with zero attached hydrogens (tertiary/aromatic N) is 1. The molecule has 7 heteroatoms. The number of carbonyl (C=O) groups is 3. The van der Waals surface area contributed by atoms with Crippen molar-refractivity contribution in [2.45, 2.75) is 6.42 Å². The largest absolute Gasteiger partial charge is 0.326 e. The van der Waals surface area contributed by atoms with Crippen LogP contribution in [-0.4, -0.2) is 17.7 Å². The number of benzene rings is 3. The minimum atomic E-state index is -1.05. The minimum Gasteiger partial charge on any atom is -0.326 e. The van der Waals surface area contributed by atoms with Crippen LogP contribution in [0.4, 0.5) is 20.2 Å². The van der Waals surface area contributed by atoms with E-state index in [-0.39, 0.29) is 12.1 Å². The van der Waals surface area contributed by atoms with Crippen LogP contribution in [0.2, 0.25) is 0 Å². The molecule has 0 radical (unpaired) electrons. The van der Waals surface area contributed by atoms with Gasteiger partial charge in [-0.3, -0.25) is 14.4 Å². The van der Waals surface area contributed by atoms with E-state index in [1.54, 1.807) is 48.5 Å². The molecule has 1 aliphatic heterocycles. The molecule has 1 heterocycles. The fourth-order valence-electron chi connectivity index (χ4n) is 3.15. The molecule has 0 aliphatic carbocycles. The first-order valence-corrected chi connectivity index (χ1v) is 8.76. The van der Waals surface area contributed by atoms with Crippen molar-refractivity contribution >= 4 is 29.1 Å². The van der Waals surface area contributed by atoms with Crippen molar-refractivity contribution in [1.82, 2.24) is 0 Å². The van der Waals surface area contributed by atoms with E-state index in [4.69, 9.17) is 0 Å². The van der Waals surface area contributed by atoms with Crippen molar-refractivity contribution in [2.75, 3.05) is 10.2 Å². The van der Waals surface area contributed by atoms with E-state index in [0.29, 0.717) is 22.4 Å². The molecule has 0 aromatic heterocycles. The van der Waals surface area contributed by atoms with Gasteiger partial charge in [0.05, 0.1) is 23.2 Å². The number of rotatable bonds is 4. The molecule has 0 atom stereocenters. The summed E-state index contributed by atoms with van der Waals surface area (Å²) < 4.78 is 26.2. The Kier molecular flexibility index (Phi) is 4.64. The fourth-order valence-corrected chi connectivity index (χ4v) is 3.15. The molecule has 1 aliphatic rings. The quantitative estimate of drug-likeness (QED) is 0.684. The number of halogens is 2. The minimum absolute atomic E-state index is 0.0125. The van der Waals surface area contributed by atoms with Gasteiger partial charge in [0, 0.05) is 11.8 Å². The van der Waals surface area contributed by atoms with E-state index in [0.717, 1.165) is 17.0 Å². The second-order valence-corrected chi connectivity index (χ2v) is 6.51. The lowest BCUT2D eigenvalue weighted by molar-refractivity contribution is -0.115. The Morgan fingerprint density at radius 2 is 1.45 bits per heavy atom. The number of imide groups is 1. The summed E-state index contributed by atoms with van der Waals surface area (Å²) in [6.07, 6.45) is -0.0125. The molecule has 144 valence electrons. The third-order valence-electron chi connectivity index (χ3n) is 4.56. The number of amides is 3. The molecule has 3 aromatic carbocycles. The first-order valence-electron chi connectivity index (χ1n) is 8.76. The topological polar surface area (TPSA) is 66.5 Å². The molecular formula is C22H14F2N2O3. The van der Waals surface area contributed by atoms with Gasteiger partial charge in [0.1, 0.15) is 0 Å². The Hall–Kier alpha value is -3.87. The van der Waals surface area contributed by atoms with Gasteiger partial charge in [0.15, 0.2) is 11.6 Å². The molecule has 0 fully saturated rings. The zero-order valence-corrected chi connectivity index (χ0v) is 15.0. The summed E-state index contributed by atoms with van der Waals surface area (Å²) in [7, 11) is 0. The van der Waals surface area contributed by atoms with Crippen LogP contribution in [0.25, 0.3) is 0 Å². The number of carbonyl (C=O) groups excluding carboxylic acids is 3. The summed E-state index contributed by atoms with van der Waals surface area (Å²) in [6.45, 7) is 0. The monoisotopic (exact) mass is 392 g/mol. The van der Waals surface area contributed by atoms with Gasteiger partial charge in [-0.25, -0.2) is 13.7 Å². The molecule has 0 saturated heterocycles. The van der Waals surface area contributed by atoms with Crippen LogP contribution in [0, 0.1) is 11.6 Å². The van der Waals surface area contributed by atoms with Crippen LogP contribution in [0.15, 0.2) is 66.7 Å². The Bertz CT molecular complexity index is 1110. The highest BCUT2D eigenvalue weighted by Gasteiger charge is 2.36. The third-order valence-corrected chi connectivity index (χ3v) is 4.56. The Morgan fingerprint density at radius 1 is 0.828 bits per heavy atom. The summed E-state index contributed by atoms with van der Waals surface area (Å²) in [4.78, 5) is 38.2. The Labute approximate surface area is 164 Å². The summed E-state index contributed by atoms with van der Waals surface area (Å²) in [5, 5.41) is 2.49. The Morgan fingerprint density at radius 3 is 2.03 bits per heavy atom. The highest BCUT2D eigenvalue weighted by Crippen LogP contribution is 2.28. The predicted octanol–water partition coefficient (Wildman–Crippen LogP) is 3.95. The second-order valence-electron chi connectivity index (χ2n) is 6.51. The number of nitrogens with one attached hydrogen (secondary N) is 1. The van der Waals surface area contributed by atoms with Gasteiger partial charge in [-0.2, -0.15) is 0 Å². The predicted molar refractivity (Wildman–Crippen MR) is 103 cm³/mol. The van der Waals surface area contributed by atoms with E-state index in [1.807, 2.05) is 0 Å². The molecule has 0 saturated carbocycles. The van der Waals surface area contributed by atoms with Gasteiger partial charge in [0.25, 0.3) is 11.8 Å². The van der Waals surface area contributed by atoms with E-state index in [9.17, 15) is 23.2 Å². The molecule has 5 nitrogen and oxygen atoms in total. The van der Waals surface area contributed by atoms with Crippen molar-refractivity contribution < 1.29 is 23.2 Å². The van der Waals surface area contributed by atoms with Gasteiger partial charge in [-0.05, 0) is 42.0 Å². The Balaban J connectivity index is 1.46. The molecule has 0 unspecified atom stereocenters. The normalized spacial score (nSPS) is 12.8. The first-order chi connectivity index (χ1) is 13.9. The molecule has 1 N–H and O–H groups in total. The van der Waals surface area contributed by atoms with Gasteiger partial charge in [0.2, 0.25) is 5.91 Å². The van der Waals surface area contributed by atoms with E-state index in [2.05, 4.69) is 5.32 Å². The smallest absolute Gasteiger partial charge is 0.266 e. The second kappa shape index (κ2) is 7.27. The van der Waals surface area contributed by atoms with E-state index >= 15 is 0 Å². The van der Waals surface area contributed by atoms with E-state index in [1.165, 1.54) is 6.07 Å². The standard InChI is InChI=1S/C22H14F2N2O3/c23-18-10-7-14(12-19(18)24)25-20(27)11-13-5-8-15(9-6-13)26-21(28)16-3-1-2-4-17(16)22(26)29/h1-10,12H,11H2,(H,25,27). The molecular weight excluding hydrogens is 378 g/mol. The summed E-state index contributed by atoms with van der Waals surface area (Å²) >= 11 is 0. The number of fused-ring (bicyclic) bond motifs is 1. The lowest BCUT2D eigenvalue weighted by Crippen LogP contribution is -2.29. The number of anilines is 2. The van der Waals surface area contributed by atoms with E-state index < -0.39 is 29.4 Å². The maximum absolute atomic E-state index is 13.2. The molecule has 3 aromatic rings. The summed E-state index contributed by atoms with van der Waals surface area (Å²) in [5.74, 6) is -3.24. The van der Waals surface area contributed by atoms with Crippen molar-refractivity contribution in [3.63, 3.8) is 0 Å². The molecule has 3 amide bonds. The van der Waals surface area contributed by atoms with Crippen LogP contribution in [0.5, 0.6) is 0 Å². The van der Waals surface area contributed by atoms with Gasteiger partial charge in [-0.15, -0.1) is 0 Å². The maximum Gasteiger partial charge on any atom is 0.266 e. The fraction of sp³-hybridized carbons (Fsp3) is 0.0455. The zero-order chi connectivity index (χ0) is 20.5. The molecule has 0 spiro atoms. The van der Waals surface area contributed by atoms with Crippen molar-refractivity contribution in [3.05, 3.63) is 95.1 Å². The molecule has 0 bridgehead atoms. The zero-order valence-electron chi connectivity index (χ0n) is 15.0. The van der Waals surface area contributed by atoms with Crippen LogP contribution in [0.3, 0.4) is 0 Å². The van der Waals surface area contributed by atoms with Crippen molar-refractivity contribution in [2.24, 2.45) is 0 Å². The third kappa shape index (κ3) is 3.50. The van der Waals surface area contributed by atoms with Gasteiger partial charge < -0.3 is 5.32 Å².